The van der Waals surface area contributed by atoms with Gasteiger partial charge in [0.05, 0.1) is 4.90 Å². The Hall–Kier alpha value is -2.23. The predicted molar refractivity (Wildman–Crippen MR) is 107 cm³/mol. The summed E-state index contributed by atoms with van der Waals surface area (Å²) >= 11 is 3.21. The van der Waals surface area contributed by atoms with Crippen LogP contribution in [0.2, 0.25) is 0 Å². The van der Waals surface area contributed by atoms with E-state index < -0.39 is 15.9 Å². The number of hydrogen-bond donors (Lipinski definition) is 2. The third-order valence-electron chi connectivity index (χ3n) is 3.65. The zero-order valence-electron chi connectivity index (χ0n) is 15.1. The SMILES string of the molecule is CC(=O)Nc1cccc(CNC(=O)c2ccc(Br)c(S(=O)(=O)N(C)C)c2)c1. The summed E-state index contributed by atoms with van der Waals surface area (Å²) in [5.74, 6) is -0.580. The first-order chi connectivity index (χ1) is 12.6. The summed E-state index contributed by atoms with van der Waals surface area (Å²) in [6.07, 6.45) is 0. The van der Waals surface area contributed by atoms with Gasteiger partial charge in [0.15, 0.2) is 0 Å². The third-order valence-corrected chi connectivity index (χ3v) is 6.46. The number of carbonyl (C=O) groups excluding carboxylic acids is 2. The van der Waals surface area contributed by atoms with Gasteiger partial charge in [0.2, 0.25) is 15.9 Å². The summed E-state index contributed by atoms with van der Waals surface area (Å²) in [4.78, 5) is 23.6. The number of nitrogens with one attached hydrogen (secondary N) is 2. The smallest absolute Gasteiger partial charge is 0.251 e. The molecular formula is C18H20BrN3O4S. The largest absolute Gasteiger partial charge is 0.348 e. The van der Waals surface area contributed by atoms with Gasteiger partial charge in [-0.1, -0.05) is 12.1 Å². The Morgan fingerprint density at radius 3 is 2.44 bits per heavy atom. The minimum absolute atomic E-state index is 0.0211. The molecule has 0 fully saturated rings. The van der Waals surface area contributed by atoms with Crippen LogP contribution >= 0.6 is 15.9 Å². The van der Waals surface area contributed by atoms with Gasteiger partial charge in [-0.15, -0.1) is 0 Å². The number of hydrogen-bond acceptors (Lipinski definition) is 4. The Morgan fingerprint density at radius 2 is 1.81 bits per heavy atom. The molecule has 0 radical (unpaired) electrons. The van der Waals surface area contributed by atoms with E-state index in [0.717, 1.165) is 9.87 Å². The zero-order chi connectivity index (χ0) is 20.2. The van der Waals surface area contributed by atoms with Gasteiger partial charge in [-0.3, -0.25) is 9.59 Å². The van der Waals surface area contributed by atoms with Crippen molar-refractivity contribution >= 4 is 43.5 Å². The maximum atomic E-state index is 12.4. The summed E-state index contributed by atoms with van der Waals surface area (Å²) in [6.45, 7) is 1.65. The molecule has 0 aliphatic carbocycles. The van der Waals surface area contributed by atoms with Gasteiger partial charge in [-0.05, 0) is 51.8 Å². The Labute approximate surface area is 166 Å². The number of carbonyl (C=O) groups is 2. The van der Waals surface area contributed by atoms with Crippen molar-refractivity contribution in [2.75, 3.05) is 19.4 Å². The average molecular weight is 454 g/mol. The second-order valence-electron chi connectivity index (χ2n) is 6.00. The zero-order valence-corrected chi connectivity index (χ0v) is 17.5. The van der Waals surface area contributed by atoms with Crippen LogP contribution in [-0.4, -0.2) is 38.6 Å². The van der Waals surface area contributed by atoms with E-state index in [2.05, 4.69) is 26.6 Å². The Bertz CT molecular complexity index is 974. The molecule has 0 spiro atoms. The van der Waals surface area contributed by atoms with Crippen LogP contribution in [-0.2, 0) is 21.4 Å². The lowest BCUT2D eigenvalue weighted by Crippen LogP contribution is -2.25. The third kappa shape index (κ3) is 5.38. The number of rotatable bonds is 6. The van der Waals surface area contributed by atoms with E-state index in [1.54, 1.807) is 24.3 Å². The monoisotopic (exact) mass is 453 g/mol. The van der Waals surface area contributed by atoms with Crippen molar-refractivity contribution in [1.82, 2.24) is 9.62 Å². The van der Waals surface area contributed by atoms with Crippen LogP contribution in [0.5, 0.6) is 0 Å². The summed E-state index contributed by atoms with van der Waals surface area (Å²) in [5, 5.41) is 5.42. The standard InChI is InChI=1S/C18H20BrN3O4S/c1-12(23)21-15-6-4-5-13(9-15)11-20-18(24)14-7-8-16(19)17(10-14)27(25,26)22(2)3/h4-10H,11H2,1-3H3,(H,20,24)(H,21,23). The molecule has 2 aromatic carbocycles. The van der Waals surface area contributed by atoms with E-state index in [-0.39, 0.29) is 22.9 Å². The van der Waals surface area contributed by atoms with E-state index in [0.29, 0.717) is 10.2 Å². The fraction of sp³-hybridized carbons (Fsp3) is 0.222. The Balaban J connectivity index is 2.16. The van der Waals surface area contributed by atoms with Crippen molar-refractivity contribution in [3.63, 3.8) is 0 Å². The van der Waals surface area contributed by atoms with Crippen molar-refractivity contribution in [2.24, 2.45) is 0 Å². The van der Waals surface area contributed by atoms with E-state index in [9.17, 15) is 18.0 Å². The van der Waals surface area contributed by atoms with Crippen LogP contribution in [0.1, 0.15) is 22.8 Å². The lowest BCUT2D eigenvalue weighted by molar-refractivity contribution is -0.114. The number of nitrogens with zero attached hydrogens (tertiary/aromatic N) is 1. The molecule has 0 saturated carbocycles. The molecule has 7 nitrogen and oxygen atoms in total. The van der Waals surface area contributed by atoms with Crippen LogP contribution in [0.3, 0.4) is 0 Å². The van der Waals surface area contributed by atoms with E-state index in [4.69, 9.17) is 0 Å². The lowest BCUT2D eigenvalue weighted by atomic mass is 10.1. The van der Waals surface area contributed by atoms with Crippen LogP contribution in [0.25, 0.3) is 0 Å². The van der Waals surface area contributed by atoms with Gasteiger partial charge in [0.1, 0.15) is 0 Å². The molecule has 0 unspecified atom stereocenters. The highest BCUT2D eigenvalue weighted by Gasteiger charge is 2.22. The maximum Gasteiger partial charge on any atom is 0.251 e. The molecule has 2 amide bonds. The van der Waals surface area contributed by atoms with E-state index in [1.807, 2.05) is 6.07 Å². The number of halogens is 1. The molecule has 2 N–H and O–H groups in total. The first-order valence-electron chi connectivity index (χ1n) is 7.98. The van der Waals surface area contributed by atoms with Crippen LogP contribution in [0.4, 0.5) is 5.69 Å². The molecule has 0 aromatic heterocycles. The Kier molecular flexibility index (Phi) is 6.74. The van der Waals surface area contributed by atoms with Gasteiger partial charge in [-0.25, -0.2) is 12.7 Å². The van der Waals surface area contributed by atoms with E-state index in [1.165, 1.54) is 33.2 Å². The number of anilines is 1. The number of benzene rings is 2. The number of amides is 2. The highest BCUT2D eigenvalue weighted by atomic mass is 79.9. The van der Waals surface area contributed by atoms with Crippen molar-refractivity contribution in [3.05, 3.63) is 58.1 Å². The molecule has 0 saturated heterocycles. The molecule has 0 bridgehead atoms. The molecule has 2 rings (SSSR count). The molecule has 144 valence electrons. The molecule has 0 atom stereocenters. The lowest BCUT2D eigenvalue weighted by Gasteiger charge is -2.14. The summed E-state index contributed by atoms with van der Waals surface area (Å²) in [7, 11) is -0.827. The molecule has 27 heavy (non-hydrogen) atoms. The second-order valence-corrected chi connectivity index (χ2v) is 8.97. The minimum atomic E-state index is -3.68. The highest BCUT2D eigenvalue weighted by Crippen LogP contribution is 2.25. The van der Waals surface area contributed by atoms with Crippen molar-refractivity contribution in [1.29, 1.82) is 0 Å². The predicted octanol–water partition coefficient (Wildman–Crippen LogP) is 2.59. The van der Waals surface area contributed by atoms with Gasteiger partial charge in [-0.2, -0.15) is 0 Å². The topological polar surface area (TPSA) is 95.6 Å². The summed E-state index contributed by atoms with van der Waals surface area (Å²) < 4.78 is 26.2. The average Bonchev–Trinajstić information content (AvgIpc) is 2.59. The van der Waals surface area contributed by atoms with E-state index >= 15 is 0 Å². The number of sulfonamides is 1. The maximum absolute atomic E-state index is 12.4. The molecule has 9 heteroatoms. The van der Waals surface area contributed by atoms with Crippen LogP contribution < -0.4 is 10.6 Å². The summed E-state index contributed by atoms with van der Waals surface area (Å²) in [6, 6.07) is 11.5. The first kappa shape index (κ1) is 21.1. The molecule has 0 aliphatic rings. The first-order valence-corrected chi connectivity index (χ1v) is 10.2. The molecular weight excluding hydrogens is 434 g/mol. The van der Waals surface area contributed by atoms with Crippen LogP contribution in [0, 0.1) is 0 Å². The highest BCUT2D eigenvalue weighted by molar-refractivity contribution is 9.10. The summed E-state index contributed by atoms with van der Waals surface area (Å²) in [5.41, 5.74) is 1.67. The van der Waals surface area contributed by atoms with Crippen molar-refractivity contribution in [3.8, 4) is 0 Å². The normalized spacial score (nSPS) is 11.3. The van der Waals surface area contributed by atoms with Gasteiger partial charge < -0.3 is 10.6 Å². The fourth-order valence-electron chi connectivity index (χ4n) is 2.29. The Morgan fingerprint density at radius 1 is 1.11 bits per heavy atom. The van der Waals surface area contributed by atoms with Gasteiger partial charge in [0.25, 0.3) is 5.91 Å². The molecule has 2 aromatic rings. The quantitative estimate of drug-likeness (QED) is 0.702. The second kappa shape index (κ2) is 8.64. The van der Waals surface area contributed by atoms with Gasteiger partial charge >= 0.3 is 0 Å². The fourth-order valence-corrected chi connectivity index (χ4v) is 4.13. The molecule has 0 heterocycles. The van der Waals surface area contributed by atoms with Crippen molar-refractivity contribution in [2.45, 2.75) is 18.4 Å². The van der Waals surface area contributed by atoms with Gasteiger partial charge in [0, 0.05) is 43.3 Å². The molecule has 0 aliphatic heterocycles. The minimum Gasteiger partial charge on any atom is -0.348 e. The van der Waals surface area contributed by atoms with Crippen LogP contribution in [0.15, 0.2) is 51.8 Å². The van der Waals surface area contributed by atoms with Crippen molar-refractivity contribution < 1.29 is 18.0 Å².